The molecule has 3 nitrogen and oxygen atoms in total. The molecule has 1 atom stereocenters. The third-order valence-corrected chi connectivity index (χ3v) is 3.00. The lowest BCUT2D eigenvalue weighted by molar-refractivity contribution is -0.143. The first-order valence-corrected chi connectivity index (χ1v) is 6.37. The minimum atomic E-state index is -0.602. The number of aliphatic hydroxyl groups excluding tert-OH is 1. The van der Waals surface area contributed by atoms with Crippen molar-refractivity contribution >= 4 is 5.97 Å². The second kappa shape index (κ2) is 6.55. The third-order valence-electron chi connectivity index (χ3n) is 3.00. The SMILES string of the molecule is CCOC(=O)CCC(O)c1c(C)cc(C)cc1C. The van der Waals surface area contributed by atoms with Gasteiger partial charge in [-0.05, 0) is 50.8 Å². The molecule has 100 valence electrons. The number of hydrogen-bond donors (Lipinski definition) is 1. The fraction of sp³-hybridized carbons (Fsp3) is 0.533. The molecule has 1 N–H and O–H groups in total. The lowest BCUT2D eigenvalue weighted by Crippen LogP contribution is -2.09. The summed E-state index contributed by atoms with van der Waals surface area (Å²) in [6.07, 6.45) is 0.0562. The molecule has 0 amide bonds. The standard InChI is InChI=1S/C15H22O3/c1-5-18-14(17)7-6-13(16)15-11(3)8-10(2)9-12(15)4/h8-9,13,16H,5-7H2,1-4H3. The highest BCUT2D eigenvalue weighted by molar-refractivity contribution is 5.69. The molecule has 0 bridgehead atoms. The summed E-state index contributed by atoms with van der Waals surface area (Å²) in [5, 5.41) is 10.2. The maximum Gasteiger partial charge on any atom is 0.305 e. The van der Waals surface area contributed by atoms with Gasteiger partial charge in [-0.1, -0.05) is 17.7 Å². The lowest BCUT2D eigenvalue weighted by Gasteiger charge is -2.17. The van der Waals surface area contributed by atoms with Crippen molar-refractivity contribution in [2.75, 3.05) is 6.61 Å². The molecule has 0 heterocycles. The van der Waals surface area contributed by atoms with E-state index in [9.17, 15) is 9.90 Å². The van der Waals surface area contributed by atoms with Crippen LogP contribution in [-0.2, 0) is 9.53 Å². The fourth-order valence-corrected chi connectivity index (χ4v) is 2.35. The largest absolute Gasteiger partial charge is 0.466 e. The molecule has 3 heteroatoms. The van der Waals surface area contributed by atoms with E-state index in [0.717, 1.165) is 16.7 Å². The van der Waals surface area contributed by atoms with E-state index in [1.807, 2.05) is 20.8 Å². The molecule has 1 aromatic rings. The molecule has 0 aliphatic carbocycles. The Morgan fingerprint density at radius 1 is 1.28 bits per heavy atom. The van der Waals surface area contributed by atoms with Gasteiger partial charge >= 0.3 is 5.97 Å². The van der Waals surface area contributed by atoms with Crippen molar-refractivity contribution in [1.29, 1.82) is 0 Å². The summed E-state index contributed by atoms with van der Waals surface area (Å²) in [6.45, 7) is 8.18. The number of aliphatic hydroxyl groups is 1. The van der Waals surface area contributed by atoms with Crippen molar-refractivity contribution in [3.63, 3.8) is 0 Å². The van der Waals surface area contributed by atoms with Gasteiger partial charge < -0.3 is 9.84 Å². The minimum Gasteiger partial charge on any atom is -0.466 e. The number of esters is 1. The van der Waals surface area contributed by atoms with Crippen LogP contribution < -0.4 is 0 Å². The van der Waals surface area contributed by atoms with Gasteiger partial charge in [-0.3, -0.25) is 4.79 Å². The number of carbonyl (C=O) groups excluding carboxylic acids is 1. The molecule has 1 unspecified atom stereocenters. The molecule has 0 aromatic heterocycles. The summed E-state index contributed by atoms with van der Waals surface area (Å²) in [7, 11) is 0. The summed E-state index contributed by atoms with van der Waals surface area (Å²) in [4.78, 5) is 11.3. The zero-order valence-electron chi connectivity index (χ0n) is 11.6. The Kier molecular flexibility index (Phi) is 5.35. The zero-order valence-corrected chi connectivity index (χ0v) is 11.6. The van der Waals surface area contributed by atoms with Crippen molar-refractivity contribution in [1.82, 2.24) is 0 Å². The first-order chi connectivity index (χ1) is 8.45. The molecule has 0 aliphatic rings. The number of aryl methyl sites for hydroxylation is 3. The second-order valence-electron chi connectivity index (χ2n) is 4.67. The molecule has 18 heavy (non-hydrogen) atoms. The topological polar surface area (TPSA) is 46.5 Å². The van der Waals surface area contributed by atoms with Crippen LogP contribution in [0.25, 0.3) is 0 Å². The highest BCUT2D eigenvalue weighted by Crippen LogP contribution is 2.26. The summed E-state index contributed by atoms with van der Waals surface area (Å²) in [5.74, 6) is -0.251. The molecule has 0 radical (unpaired) electrons. The Balaban J connectivity index is 2.73. The van der Waals surface area contributed by atoms with Crippen molar-refractivity contribution in [3.05, 3.63) is 34.4 Å². The molecule has 0 fully saturated rings. The van der Waals surface area contributed by atoms with Crippen LogP contribution in [0.3, 0.4) is 0 Å². The van der Waals surface area contributed by atoms with Crippen LogP contribution in [0.15, 0.2) is 12.1 Å². The van der Waals surface area contributed by atoms with Crippen LogP contribution >= 0.6 is 0 Å². The van der Waals surface area contributed by atoms with Crippen molar-refractivity contribution < 1.29 is 14.6 Å². The molecular formula is C15H22O3. The Hall–Kier alpha value is -1.35. The average Bonchev–Trinajstić information content (AvgIpc) is 2.25. The maximum atomic E-state index is 11.3. The Bertz CT molecular complexity index is 401. The first kappa shape index (κ1) is 14.7. The van der Waals surface area contributed by atoms with Gasteiger partial charge in [0.25, 0.3) is 0 Å². The van der Waals surface area contributed by atoms with Crippen LogP contribution in [0.2, 0.25) is 0 Å². The molecule has 0 aliphatic heterocycles. The molecule has 1 aromatic carbocycles. The number of benzene rings is 1. The molecule has 1 rings (SSSR count). The zero-order chi connectivity index (χ0) is 13.7. The van der Waals surface area contributed by atoms with Gasteiger partial charge in [0.15, 0.2) is 0 Å². The van der Waals surface area contributed by atoms with Gasteiger partial charge in [0.1, 0.15) is 0 Å². The van der Waals surface area contributed by atoms with Gasteiger partial charge in [-0.2, -0.15) is 0 Å². The summed E-state index contributed by atoms with van der Waals surface area (Å²) >= 11 is 0. The lowest BCUT2D eigenvalue weighted by atomic mass is 9.93. The predicted molar refractivity (Wildman–Crippen MR) is 71.5 cm³/mol. The van der Waals surface area contributed by atoms with E-state index in [1.165, 1.54) is 5.56 Å². The van der Waals surface area contributed by atoms with Gasteiger partial charge in [0.2, 0.25) is 0 Å². The van der Waals surface area contributed by atoms with Crippen LogP contribution in [0, 0.1) is 20.8 Å². The molecular weight excluding hydrogens is 228 g/mol. The van der Waals surface area contributed by atoms with Crippen molar-refractivity contribution in [2.45, 2.75) is 46.6 Å². The van der Waals surface area contributed by atoms with E-state index < -0.39 is 6.10 Å². The first-order valence-electron chi connectivity index (χ1n) is 6.37. The molecule has 0 spiro atoms. The number of rotatable bonds is 5. The monoisotopic (exact) mass is 250 g/mol. The fourth-order valence-electron chi connectivity index (χ4n) is 2.35. The van der Waals surface area contributed by atoms with E-state index >= 15 is 0 Å². The van der Waals surface area contributed by atoms with Gasteiger partial charge in [0.05, 0.1) is 12.7 Å². The van der Waals surface area contributed by atoms with E-state index in [2.05, 4.69) is 12.1 Å². The number of hydrogen-bond acceptors (Lipinski definition) is 3. The van der Waals surface area contributed by atoms with Gasteiger partial charge in [-0.25, -0.2) is 0 Å². The van der Waals surface area contributed by atoms with E-state index in [1.54, 1.807) is 6.92 Å². The van der Waals surface area contributed by atoms with Gasteiger partial charge in [0, 0.05) is 6.42 Å². The van der Waals surface area contributed by atoms with Crippen molar-refractivity contribution in [3.8, 4) is 0 Å². The van der Waals surface area contributed by atoms with Gasteiger partial charge in [-0.15, -0.1) is 0 Å². The highest BCUT2D eigenvalue weighted by Gasteiger charge is 2.15. The molecule has 0 saturated heterocycles. The summed E-state index contributed by atoms with van der Waals surface area (Å²) in [6, 6.07) is 4.10. The van der Waals surface area contributed by atoms with Crippen LogP contribution in [0.5, 0.6) is 0 Å². The van der Waals surface area contributed by atoms with Crippen molar-refractivity contribution in [2.24, 2.45) is 0 Å². The van der Waals surface area contributed by atoms with Crippen LogP contribution in [0.4, 0.5) is 0 Å². The Labute approximate surface area is 109 Å². The van der Waals surface area contributed by atoms with Crippen LogP contribution in [-0.4, -0.2) is 17.7 Å². The van der Waals surface area contributed by atoms with E-state index in [-0.39, 0.29) is 12.4 Å². The number of carbonyl (C=O) groups is 1. The van der Waals surface area contributed by atoms with E-state index in [4.69, 9.17) is 4.74 Å². The average molecular weight is 250 g/mol. The summed E-state index contributed by atoms with van der Waals surface area (Å²) in [5.41, 5.74) is 4.27. The Morgan fingerprint density at radius 2 is 1.83 bits per heavy atom. The third kappa shape index (κ3) is 3.84. The summed E-state index contributed by atoms with van der Waals surface area (Å²) < 4.78 is 4.86. The smallest absolute Gasteiger partial charge is 0.305 e. The molecule has 0 saturated carbocycles. The number of ether oxygens (including phenoxy) is 1. The predicted octanol–water partition coefficient (Wildman–Crippen LogP) is 2.99. The van der Waals surface area contributed by atoms with E-state index in [0.29, 0.717) is 13.0 Å². The quantitative estimate of drug-likeness (QED) is 0.817. The normalized spacial score (nSPS) is 12.3. The minimum absolute atomic E-state index is 0.251. The maximum absolute atomic E-state index is 11.3. The Morgan fingerprint density at radius 3 is 2.33 bits per heavy atom. The second-order valence-corrected chi connectivity index (χ2v) is 4.67. The van der Waals surface area contributed by atoms with Crippen LogP contribution in [0.1, 0.15) is 48.1 Å². The highest BCUT2D eigenvalue weighted by atomic mass is 16.5.